The standard InChI is InChI=1S/C13H24N2O3/c1-3-18-13(17)10(2)14-9-12(16)15-11-7-5-4-6-8-11/h10-11,14H,3-9H2,1-2H3,(H,15,16). The van der Waals surface area contributed by atoms with E-state index in [1.807, 2.05) is 0 Å². The van der Waals surface area contributed by atoms with Crippen LogP contribution in [0, 0.1) is 0 Å². The molecule has 0 aromatic carbocycles. The summed E-state index contributed by atoms with van der Waals surface area (Å²) in [5, 5.41) is 5.86. The second-order valence-corrected chi connectivity index (χ2v) is 4.76. The third-order valence-corrected chi connectivity index (χ3v) is 3.18. The Hall–Kier alpha value is -1.10. The van der Waals surface area contributed by atoms with E-state index < -0.39 is 6.04 Å². The Balaban J connectivity index is 2.17. The van der Waals surface area contributed by atoms with Gasteiger partial charge in [0.05, 0.1) is 13.2 Å². The fraction of sp³-hybridized carbons (Fsp3) is 0.846. The van der Waals surface area contributed by atoms with Gasteiger partial charge in [-0.15, -0.1) is 0 Å². The summed E-state index contributed by atoms with van der Waals surface area (Å²) < 4.78 is 4.85. The first-order chi connectivity index (χ1) is 8.63. The lowest BCUT2D eigenvalue weighted by molar-refractivity contribution is -0.145. The van der Waals surface area contributed by atoms with E-state index in [-0.39, 0.29) is 18.4 Å². The van der Waals surface area contributed by atoms with Gasteiger partial charge in [0.25, 0.3) is 0 Å². The van der Waals surface area contributed by atoms with Crippen LogP contribution in [0.5, 0.6) is 0 Å². The van der Waals surface area contributed by atoms with Crippen LogP contribution in [0.4, 0.5) is 0 Å². The maximum absolute atomic E-state index is 11.7. The number of nitrogens with one attached hydrogen (secondary N) is 2. The fourth-order valence-corrected chi connectivity index (χ4v) is 2.12. The highest BCUT2D eigenvalue weighted by molar-refractivity contribution is 5.80. The van der Waals surface area contributed by atoms with Gasteiger partial charge >= 0.3 is 5.97 Å². The van der Waals surface area contributed by atoms with Crippen LogP contribution in [-0.2, 0) is 14.3 Å². The second kappa shape index (κ2) is 8.08. The third-order valence-electron chi connectivity index (χ3n) is 3.18. The third kappa shape index (κ3) is 5.49. The van der Waals surface area contributed by atoms with Crippen molar-refractivity contribution in [2.45, 2.75) is 58.0 Å². The lowest BCUT2D eigenvalue weighted by Crippen LogP contribution is -2.45. The van der Waals surface area contributed by atoms with Gasteiger partial charge in [0.15, 0.2) is 0 Å². The molecular weight excluding hydrogens is 232 g/mol. The molecule has 0 saturated heterocycles. The van der Waals surface area contributed by atoms with E-state index >= 15 is 0 Å². The Morgan fingerprint density at radius 3 is 2.56 bits per heavy atom. The first-order valence-corrected chi connectivity index (χ1v) is 6.83. The number of hydrogen-bond acceptors (Lipinski definition) is 4. The molecule has 5 nitrogen and oxygen atoms in total. The number of rotatable bonds is 6. The monoisotopic (exact) mass is 256 g/mol. The summed E-state index contributed by atoms with van der Waals surface area (Å²) in [5.41, 5.74) is 0. The van der Waals surface area contributed by atoms with Crippen molar-refractivity contribution in [1.82, 2.24) is 10.6 Å². The summed E-state index contributed by atoms with van der Waals surface area (Å²) in [5.74, 6) is -0.360. The van der Waals surface area contributed by atoms with Crippen molar-refractivity contribution < 1.29 is 14.3 Å². The summed E-state index contributed by atoms with van der Waals surface area (Å²) in [6.07, 6.45) is 5.79. The largest absolute Gasteiger partial charge is 0.465 e. The maximum Gasteiger partial charge on any atom is 0.322 e. The molecule has 0 bridgehead atoms. The van der Waals surface area contributed by atoms with Crippen LogP contribution in [0.3, 0.4) is 0 Å². The van der Waals surface area contributed by atoms with Crippen LogP contribution >= 0.6 is 0 Å². The number of esters is 1. The zero-order valence-electron chi connectivity index (χ0n) is 11.3. The summed E-state index contributed by atoms with van der Waals surface area (Å²) >= 11 is 0. The molecule has 18 heavy (non-hydrogen) atoms. The van der Waals surface area contributed by atoms with Gasteiger partial charge in [-0.25, -0.2) is 0 Å². The van der Waals surface area contributed by atoms with E-state index in [0.717, 1.165) is 12.8 Å². The molecule has 5 heteroatoms. The molecule has 2 N–H and O–H groups in total. The Bertz CT molecular complexity index is 275. The molecule has 1 amide bonds. The predicted octanol–water partition coefficient (Wildman–Crippen LogP) is 0.976. The van der Waals surface area contributed by atoms with Crippen LogP contribution < -0.4 is 10.6 Å². The fourth-order valence-electron chi connectivity index (χ4n) is 2.12. The summed E-state index contributed by atoms with van der Waals surface area (Å²) in [6, 6.07) is -0.131. The zero-order valence-corrected chi connectivity index (χ0v) is 11.3. The Labute approximate surface area is 109 Å². The highest BCUT2D eigenvalue weighted by atomic mass is 16.5. The van der Waals surface area contributed by atoms with Crippen molar-refractivity contribution in [2.24, 2.45) is 0 Å². The molecule has 0 aromatic heterocycles. The molecule has 1 aliphatic carbocycles. The number of carbonyl (C=O) groups is 2. The Morgan fingerprint density at radius 1 is 1.28 bits per heavy atom. The van der Waals surface area contributed by atoms with Gasteiger partial charge in [0.2, 0.25) is 5.91 Å². The van der Waals surface area contributed by atoms with Gasteiger partial charge in [-0.2, -0.15) is 0 Å². The Morgan fingerprint density at radius 2 is 1.94 bits per heavy atom. The van der Waals surface area contributed by atoms with E-state index in [1.54, 1.807) is 13.8 Å². The first-order valence-electron chi connectivity index (χ1n) is 6.83. The molecule has 0 aromatic rings. The van der Waals surface area contributed by atoms with Crippen LogP contribution in [0.25, 0.3) is 0 Å². The van der Waals surface area contributed by atoms with Crippen molar-refractivity contribution in [3.63, 3.8) is 0 Å². The minimum Gasteiger partial charge on any atom is -0.465 e. The molecule has 0 spiro atoms. The van der Waals surface area contributed by atoms with Crippen molar-refractivity contribution in [2.75, 3.05) is 13.2 Å². The quantitative estimate of drug-likeness (QED) is 0.695. The van der Waals surface area contributed by atoms with E-state index in [4.69, 9.17) is 4.74 Å². The zero-order chi connectivity index (χ0) is 13.4. The van der Waals surface area contributed by atoms with Crippen molar-refractivity contribution in [1.29, 1.82) is 0 Å². The minimum atomic E-state index is -0.443. The van der Waals surface area contributed by atoms with Gasteiger partial charge in [-0.05, 0) is 26.7 Å². The number of ether oxygens (including phenoxy) is 1. The molecule has 0 heterocycles. The lowest BCUT2D eigenvalue weighted by atomic mass is 9.95. The normalized spacial score (nSPS) is 18.1. The van der Waals surface area contributed by atoms with E-state index in [2.05, 4.69) is 10.6 Å². The molecular formula is C13H24N2O3. The van der Waals surface area contributed by atoms with Crippen LogP contribution in [0.15, 0.2) is 0 Å². The molecule has 1 atom stereocenters. The lowest BCUT2D eigenvalue weighted by Gasteiger charge is -2.23. The topological polar surface area (TPSA) is 67.4 Å². The second-order valence-electron chi connectivity index (χ2n) is 4.76. The SMILES string of the molecule is CCOC(=O)C(C)NCC(=O)NC1CCCCC1. The highest BCUT2D eigenvalue weighted by Gasteiger charge is 2.17. The number of amides is 1. The summed E-state index contributed by atoms with van der Waals surface area (Å²) in [7, 11) is 0. The molecule has 1 unspecified atom stereocenters. The van der Waals surface area contributed by atoms with Crippen molar-refractivity contribution >= 4 is 11.9 Å². The summed E-state index contributed by atoms with van der Waals surface area (Å²) in [4.78, 5) is 23.0. The molecule has 1 rings (SSSR count). The molecule has 1 fully saturated rings. The maximum atomic E-state index is 11.7. The van der Waals surface area contributed by atoms with E-state index in [1.165, 1.54) is 19.3 Å². The molecule has 0 radical (unpaired) electrons. The minimum absolute atomic E-state index is 0.0435. The van der Waals surface area contributed by atoms with E-state index in [0.29, 0.717) is 12.6 Å². The average Bonchev–Trinajstić information content (AvgIpc) is 2.37. The smallest absolute Gasteiger partial charge is 0.322 e. The number of carbonyl (C=O) groups excluding carboxylic acids is 2. The van der Waals surface area contributed by atoms with Gasteiger partial charge in [-0.1, -0.05) is 19.3 Å². The van der Waals surface area contributed by atoms with Crippen molar-refractivity contribution in [3.05, 3.63) is 0 Å². The van der Waals surface area contributed by atoms with Crippen molar-refractivity contribution in [3.8, 4) is 0 Å². The molecule has 0 aliphatic heterocycles. The van der Waals surface area contributed by atoms with E-state index in [9.17, 15) is 9.59 Å². The summed E-state index contributed by atoms with van der Waals surface area (Å²) in [6.45, 7) is 3.99. The number of hydrogen-bond donors (Lipinski definition) is 2. The first kappa shape index (κ1) is 15.0. The molecule has 1 aliphatic rings. The van der Waals surface area contributed by atoms with Gasteiger partial charge in [-0.3, -0.25) is 14.9 Å². The van der Waals surface area contributed by atoms with Gasteiger partial charge < -0.3 is 10.1 Å². The molecule has 1 saturated carbocycles. The van der Waals surface area contributed by atoms with Crippen LogP contribution in [-0.4, -0.2) is 37.1 Å². The van der Waals surface area contributed by atoms with Gasteiger partial charge in [0, 0.05) is 6.04 Å². The van der Waals surface area contributed by atoms with Gasteiger partial charge in [0.1, 0.15) is 6.04 Å². The Kier molecular flexibility index (Phi) is 6.72. The van der Waals surface area contributed by atoms with Crippen LogP contribution in [0.2, 0.25) is 0 Å². The average molecular weight is 256 g/mol. The van der Waals surface area contributed by atoms with Crippen LogP contribution in [0.1, 0.15) is 46.0 Å². The molecule has 104 valence electrons. The highest BCUT2D eigenvalue weighted by Crippen LogP contribution is 2.17. The predicted molar refractivity (Wildman–Crippen MR) is 69.1 cm³/mol.